The van der Waals surface area contributed by atoms with Crippen molar-refractivity contribution in [2.24, 2.45) is 0 Å². The first-order valence-corrected chi connectivity index (χ1v) is 12.7. The van der Waals surface area contributed by atoms with Gasteiger partial charge in [-0.15, -0.1) is 0 Å². The zero-order valence-electron chi connectivity index (χ0n) is 12.8. The van der Waals surface area contributed by atoms with Crippen LogP contribution in [0, 0.1) is 0 Å². The summed E-state index contributed by atoms with van der Waals surface area (Å²) < 4.78 is 1.78. The van der Waals surface area contributed by atoms with Crippen LogP contribution in [0.1, 0.15) is 26.7 Å². The van der Waals surface area contributed by atoms with Crippen molar-refractivity contribution in [3.63, 3.8) is 0 Å². The Kier molecular flexibility index (Phi) is 12.6. The number of allylic oxidation sites excluding steroid dienone is 4. The van der Waals surface area contributed by atoms with Gasteiger partial charge in [0.15, 0.2) is 0 Å². The summed E-state index contributed by atoms with van der Waals surface area (Å²) in [7, 11) is 0. The van der Waals surface area contributed by atoms with Crippen LogP contribution in [-0.4, -0.2) is 5.94 Å². The average molecular weight is 397 g/mol. The van der Waals surface area contributed by atoms with E-state index in [1.54, 1.807) is 14.6 Å². The van der Waals surface area contributed by atoms with E-state index in [2.05, 4.69) is 62.9 Å². The second kappa shape index (κ2) is 11.1. The monoisotopic (exact) mass is 395 g/mol. The van der Waals surface area contributed by atoms with Crippen LogP contribution in [0.5, 0.6) is 0 Å². The fourth-order valence-electron chi connectivity index (χ4n) is 2.44. The third kappa shape index (κ3) is 6.25. The quantitative estimate of drug-likeness (QED) is 0.439. The fourth-order valence-corrected chi connectivity index (χ4v) is 11.9. The van der Waals surface area contributed by atoms with Crippen LogP contribution in [0.25, 0.3) is 0 Å². The Morgan fingerprint density at radius 2 is 1.67 bits per heavy atom. The minimum atomic E-state index is -1.18. The van der Waals surface area contributed by atoms with Gasteiger partial charge in [0.05, 0.1) is 0 Å². The minimum absolute atomic E-state index is 0. The summed E-state index contributed by atoms with van der Waals surface area (Å²) >= 11 is 0.0551. The molecule has 21 heavy (non-hydrogen) atoms. The van der Waals surface area contributed by atoms with Crippen LogP contribution < -0.4 is 42.4 Å². The summed E-state index contributed by atoms with van der Waals surface area (Å²) in [6.45, 7) is 7.25. The minimum Gasteiger partial charge on any atom is -1.00 e. The number of hydrogen-bond donors (Lipinski definition) is 0. The molecule has 1 aromatic carbocycles. The summed E-state index contributed by atoms with van der Waals surface area (Å²) in [4.78, 5) is 0. The summed E-state index contributed by atoms with van der Waals surface area (Å²) in [6, 6.07) is 12.7. The van der Waals surface area contributed by atoms with E-state index in [4.69, 9.17) is 0 Å². The Bertz CT molecular complexity index is 474. The van der Waals surface area contributed by atoms with Gasteiger partial charge in [-0.1, -0.05) is 0 Å². The maximum atomic E-state index is 2.59. The molecule has 5 heteroatoms. The van der Waals surface area contributed by atoms with Crippen LogP contribution in [0.3, 0.4) is 0 Å². The molecule has 1 unspecified atom stereocenters. The molecule has 0 radical (unpaired) electrons. The zero-order valence-corrected chi connectivity index (χ0v) is 17.6. The van der Waals surface area contributed by atoms with E-state index in [0.29, 0.717) is 0 Å². The molecule has 0 spiro atoms. The molecule has 0 nitrogen and oxygen atoms in total. The largest absolute Gasteiger partial charge is 1.00 e. The molecule has 1 aliphatic carbocycles. The molecular formula is C16H22Cl3SiTi. The smallest absolute Gasteiger partial charge is 1.00 e. The van der Waals surface area contributed by atoms with E-state index in [9.17, 15) is 0 Å². The van der Waals surface area contributed by atoms with Gasteiger partial charge in [0, 0.05) is 0 Å². The summed E-state index contributed by atoms with van der Waals surface area (Å²) in [5, 5.41) is 1.67. The third-order valence-electron chi connectivity index (χ3n) is 3.91. The van der Waals surface area contributed by atoms with Crippen LogP contribution in [-0.2, 0) is 18.4 Å². The molecule has 0 aliphatic heterocycles. The number of benzene rings is 1. The van der Waals surface area contributed by atoms with E-state index >= 15 is 0 Å². The maximum absolute atomic E-state index is 2.59. The maximum Gasteiger partial charge on any atom is -1.00 e. The third-order valence-corrected chi connectivity index (χ3v) is 15.4. The van der Waals surface area contributed by atoms with E-state index in [1.807, 2.05) is 0 Å². The van der Waals surface area contributed by atoms with Gasteiger partial charge in [0.1, 0.15) is 0 Å². The Morgan fingerprint density at radius 3 is 2.14 bits per heavy atom. The van der Waals surface area contributed by atoms with Gasteiger partial charge in [-0.05, 0) is 0 Å². The Balaban J connectivity index is 0. The van der Waals surface area contributed by atoms with Crippen LogP contribution in [0.4, 0.5) is 0 Å². The van der Waals surface area contributed by atoms with Crippen molar-refractivity contribution in [3.8, 4) is 0 Å². The van der Waals surface area contributed by atoms with E-state index < -0.39 is 5.94 Å². The molecular weight excluding hydrogens is 374 g/mol. The molecule has 0 heterocycles. The number of halogens is 3. The van der Waals surface area contributed by atoms with E-state index in [1.165, 1.54) is 18.9 Å². The molecule has 0 saturated carbocycles. The molecule has 0 bridgehead atoms. The van der Waals surface area contributed by atoms with Gasteiger partial charge in [-0.25, -0.2) is 0 Å². The molecule has 0 N–H and O–H groups in total. The summed E-state index contributed by atoms with van der Waals surface area (Å²) in [6.07, 6.45) is 7.39. The van der Waals surface area contributed by atoms with Crippen molar-refractivity contribution in [1.82, 2.24) is 0 Å². The molecule has 0 saturated heterocycles. The predicted octanol–water partition coefficient (Wildman–Crippen LogP) is -4.79. The second-order valence-corrected chi connectivity index (χ2v) is 16.7. The van der Waals surface area contributed by atoms with E-state index in [-0.39, 0.29) is 55.6 Å². The molecule has 0 aromatic heterocycles. The standard InChI is InChI=1S/C9H13Si.C7H9.3ClH.Ti/c1-3-10(2)9-7-5-4-6-8-9;1-2-7-5-3-4-6-7;;;;/h4-8H,3H2,1-2H3;5-6H,2-3H2,1H3;3*1H;/q;;;;;+3/p-3. The van der Waals surface area contributed by atoms with Gasteiger partial charge in [0.25, 0.3) is 0 Å². The van der Waals surface area contributed by atoms with Crippen molar-refractivity contribution >= 4 is 11.1 Å². The average Bonchev–Trinajstić information content (AvgIpc) is 2.87. The Hall–Kier alpha value is 0.501. The van der Waals surface area contributed by atoms with Gasteiger partial charge in [-0.2, -0.15) is 0 Å². The van der Waals surface area contributed by atoms with Gasteiger partial charge in [0.2, 0.25) is 0 Å². The molecule has 115 valence electrons. The van der Waals surface area contributed by atoms with Gasteiger partial charge < -0.3 is 37.2 Å². The molecule has 0 fully saturated rings. The Labute approximate surface area is 157 Å². The van der Waals surface area contributed by atoms with Gasteiger partial charge >= 0.3 is 121 Å². The summed E-state index contributed by atoms with van der Waals surface area (Å²) in [5.41, 5.74) is 1.56. The topological polar surface area (TPSA) is 0 Å². The van der Waals surface area contributed by atoms with Gasteiger partial charge in [-0.3, -0.25) is 0 Å². The van der Waals surface area contributed by atoms with Crippen LogP contribution in [0.15, 0.2) is 51.9 Å². The molecule has 1 aromatic rings. The van der Waals surface area contributed by atoms with Crippen molar-refractivity contribution in [2.75, 3.05) is 0 Å². The second-order valence-electron chi connectivity index (χ2n) is 5.18. The van der Waals surface area contributed by atoms with Crippen molar-refractivity contribution in [3.05, 3.63) is 51.9 Å². The van der Waals surface area contributed by atoms with Crippen LogP contribution >= 0.6 is 0 Å². The predicted molar refractivity (Wildman–Crippen MR) is 79.2 cm³/mol. The SMILES string of the molecule is CCC1=CC[C]([Ti+3][Si](C)(CC)c2ccccc2)=C1.[Cl-].[Cl-].[Cl-]. The molecule has 1 atom stereocenters. The fraction of sp³-hybridized carbons (Fsp3) is 0.375. The van der Waals surface area contributed by atoms with Crippen molar-refractivity contribution in [2.45, 2.75) is 39.3 Å². The first-order chi connectivity index (χ1) is 8.68. The van der Waals surface area contributed by atoms with Crippen molar-refractivity contribution < 1.29 is 55.6 Å². The van der Waals surface area contributed by atoms with Crippen molar-refractivity contribution in [1.29, 1.82) is 0 Å². The zero-order chi connectivity index (χ0) is 13.0. The van der Waals surface area contributed by atoms with E-state index in [0.717, 1.165) is 0 Å². The number of rotatable bonds is 5. The first-order valence-electron chi connectivity index (χ1n) is 6.91. The Morgan fingerprint density at radius 1 is 1.05 bits per heavy atom. The number of hydrogen-bond acceptors (Lipinski definition) is 0. The first kappa shape index (κ1) is 23.8. The van der Waals surface area contributed by atoms with Crippen LogP contribution in [0.2, 0.25) is 12.6 Å². The normalized spacial score (nSPS) is 15.2. The summed E-state index contributed by atoms with van der Waals surface area (Å²) in [5.74, 6) is -1.18. The molecule has 0 amide bonds. The molecule has 2 rings (SSSR count). The molecule has 1 aliphatic rings.